The monoisotopic (exact) mass is 283 g/mol. The van der Waals surface area contributed by atoms with Gasteiger partial charge in [-0.3, -0.25) is 0 Å². The Hall–Kier alpha value is -1.03. The van der Waals surface area contributed by atoms with Crippen LogP contribution in [-0.4, -0.2) is 41.9 Å². The van der Waals surface area contributed by atoms with E-state index >= 15 is 0 Å². The van der Waals surface area contributed by atoms with Gasteiger partial charge in [0.15, 0.2) is 0 Å². The number of nitrogens with zero attached hydrogens (tertiary/aromatic N) is 1. The first-order valence-corrected chi connectivity index (χ1v) is 7.38. The quantitative estimate of drug-likeness (QED) is 0.737. The fourth-order valence-electron chi connectivity index (χ4n) is 2.28. The Morgan fingerprint density at radius 2 is 2.05 bits per heavy atom. The molecule has 0 radical (unpaired) electrons. The predicted molar refractivity (Wildman–Crippen MR) is 80.8 cm³/mol. The van der Waals surface area contributed by atoms with Crippen molar-refractivity contribution in [3.63, 3.8) is 0 Å². The summed E-state index contributed by atoms with van der Waals surface area (Å²) in [6.45, 7) is 15.6. The molecule has 0 saturated carbocycles. The van der Waals surface area contributed by atoms with E-state index in [1.807, 2.05) is 27.7 Å². The molecule has 1 saturated heterocycles. The van der Waals surface area contributed by atoms with Crippen molar-refractivity contribution < 1.29 is 14.3 Å². The molecule has 1 fully saturated rings. The lowest BCUT2D eigenvalue weighted by molar-refractivity contribution is -0.0787. The Morgan fingerprint density at radius 1 is 1.40 bits per heavy atom. The number of likely N-dealkylation sites (tertiary alicyclic amines) is 1. The van der Waals surface area contributed by atoms with Crippen LogP contribution in [0.5, 0.6) is 0 Å². The molecule has 0 aliphatic carbocycles. The van der Waals surface area contributed by atoms with Gasteiger partial charge in [0.2, 0.25) is 0 Å². The normalized spacial score (nSPS) is 23.6. The van der Waals surface area contributed by atoms with Gasteiger partial charge in [-0.25, -0.2) is 4.79 Å². The molecule has 0 bridgehead atoms. The molecular weight excluding hydrogens is 254 g/mol. The molecule has 4 nitrogen and oxygen atoms in total. The summed E-state index contributed by atoms with van der Waals surface area (Å²) in [5, 5.41) is 0. The van der Waals surface area contributed by atoms with E-state index < -0.39 is 5.60 Å². The van der Waals surface area contributed by atoms with Crippen molar-refractivity contribution in [3.05, 3.63) is 12.2 Å². The van der Waals surface area contributed by atoms with Crippen LogP contribution >= 0.6 is 0 Å². The van der Waals surface area contributed by atoms with Crippen molar-refractivity contribution in [1.82, 2.24) is 4.90 Å². The second-order valence-electron chi connectivity index (χ2n) is 7.01. The molecule has 1 heterocycles. The number of carbonyl (C=O) groups excluding carboxylic acids is 1. The molecule has 0 aromatic rings. The van der Waals surface area contributed by atoms with E-state index in [0.29, 0.717) is 13.2 Å². The highest BCUT2D eigenvalue weighted by Gasteiger charge is 2.35. The van der Waals surface area contributed by atoms with Crippen LogP contribution in [0.2, 0.25) is 0 Å². The number of amides is 1. The second-order valence-corrected chi connectivity index (χ2v) is 7.01. The summed E-state index contributed by atoms with van der Waals surface area (Å²) in [5.41, 5.74) is 0.393. The van der Waals surface area contributed by atoms with Crippen LogP contribution in [0, 0.1) is 0 Å². The van der Waals surface area contributed by atoms with Gasteiger partial charge in [-0.2, -0.15) is 0 Å². The highest BCUT2D eigenvalue weighted by atomic mass is 16.6. The van der Waals surface area contributed by atoms with Gasteiger partial charge in [-0.05, 0) is 53.9 Å². The van der Waals surface area contributed by atoms with Crippen LogP contribution in [-0.2, 0) is 9.47 Å². The van der Waals surface area contributed by atoms with Crippen LogP contribution in [0.1, 0.15) is 53.9 Å². The highest BCUT2D eigenvalue weighted by Crippen LogP contribution is 2.26. The van der Waals surface area contributed by atoms with Crippen LogP contribution < -0.4 is 0 Å². The number of hydrogen-bond acceptors (Lipinski definition) is 3. The molecule has 0 aromatic carbocycles. The van der Waals surface area contributed by atoms with Gasteiger partial charge in [-0.15, -0.1) is 6.58 Å². The Bertz CT molecular complexity index is 359. The van der Waals surface area contributed by atoms with E-state index in [0.717, 1.165) is 31.4 Å². The second kappa shape index (κ2) is 6.61. The summed E-state index contributed by atoms with van der Waals surface area (Å²) in [6, 6.07) is 0. The molecule has 20 heavy (non-hydrogen) atoms. The molecule has 4 heteroatoms. The zero-order valence-corrected chi connectivity index (χ0v) is 13.6. The average molecular weight is 283 g/mol. The standard InChI is InChI=1S/C16H29NO3/c1-13(2)8-11-19-16(6)9-7-10-17(12-16)14(18)20-15(3,4)5/h1,7-12H2,2-6H3. The van der Waals surface area contributed by atoms with Gasteiger partial charge in [0.1, 0.15) is 5.60 Å². The lowest BCUT2D eigenvalue weighted by Crippen LogP contribution is -2.51. The minimum absolute atomic E-state index is 0.244. The maximum Gasteiger partial charge on any atom is 0.410 e. The first kappa shape index (κ1) is 17.0. The summed E-state index contributed by atoms with van der Waals surface area (Å²) >= 11 is 0. The van der Waals surface area contributed by atoms with E-state index in [9.17, 15) is 4.79 Å². The van der Waals surface area contributed by atoms with E-state index in [1.54, 1.807) is 4.90 Å². The Morgan fingerprint density at radius 3 is 2.60 bits per heavy atom. The third kappa shape index (κ3) is 5.95. The minimum atomic E-state index is -0.453. The summed E-state index contributed by atoms with van der Waals surface area (Å²) in [5.74, 6) is 0. The molecule has 0 spiro atoms. The topological polar surface area (TPSA) is 38.8 Å². The van der Waals surface area contributed by atoms with E-state index in [1.165, 1.54) is 0 Å². The third-order valence-electron chi connectivity index (χ3n) is 3.29. The first-order valence-electron chi connectivity index (χ1n) is 7.38. The van der Waals surface area contributed by atoms with E-state index in [4.69, 9.17) is 9.47 Å². The fourth-order valence-corrected chi connectivity index (χ4v) is 2.28. The number of rotatable bonds is 4. The molecule has 1 aliphatic heterocycles. The molecule has 116 valence electrons. The maximum atomic E-state index is 12.1. The van der Waals surface area contributed by atoms with E-state index in [-0.39, 0.29) is 11.7 Å². The zero-order chi connectivity index (χ0) is 15.4. The molecular formula is C16H29NO3. The molecule has 1 amide bonds. The first-order chi connectivity index (χ1) is 9.11. The van der Waals surface area contributed by atoms with Gasteiger partial charge in [-0.1, -0.05) is 5.57 Å². The van der Waals surface area contributed by atoms with Gasteiger partial charge in [0, 0.05) is 6.54 Å². The van der Waals surface area contributed by atoms with Crippen molar-refractivity contribution in [2.24, 2.45) is 0 Å². The smallest absolute Gasteiger partial charge is 0.410 e. The third-order valence-corrected chi connectivity index (χ3v) is 3.29. The van der Waals surface area contributed by atoms with Crippen LogP contribution in [0.25, 0.3) is 0 Å². The number of carbonyl (C=O) groups is 1. The van der Waals surface area contributed by atoms with Crippen LogP contribution in [0.3, 0.4) is 0 Å². The summed E-state index contributed by atoms with van der Waals surface area (Å²) in [4.78, 5) is 13.9. The molecule has 1 atom stereocenters. The largest absolute Gasteiger partial charge is 0.444 e. The molecule has 1 aliphatic rings. The highest BCUT2D eigenvalue weighted by molar-refractivity contribution is 5.68. The van der Waals surface area contributed by atoms with Crippen molar-refractivity contribution in [2.75, 3.05) is 19.7 Å². The Kier molecular flexibility index (Phi) is 5.63. The summed E-state index contributed by atoms with van der Waals surface area (Å²) in [7, 11) is 0. The average Bonchev–Trinajstić information content (AvgIpc) is 2.25. The summed E-state index contributed by atoms with van der Waals surface area (Å²) < 4.78 is 11.4. The lowest BCUT2D eigenvalue weighted by atomic mass is 9.95. The molecule has 0 aromatic heterocycles. The minimum Gasteiger partial charge on any atom is -0.444 e. The van der Waals surface area contributed by atoms with Gasteiger partial charge < -0.3 is 14.4 Å². The zero-order valence-electron chi connectivity index (χ0n) is 13.6. The van der Waals surface area contributed by atoms with Crippen LogP contribution in [0.15, 0.2) is 12.2 Å². The Balaban J connectivity index is 2.52. The molecule has 1 rings (SSSR count). The van der Waals surface area contributed by atoms with E-state index in [2.05, 4.69) is 13.5 Å². The van der Waals surface area contributed by atoms with Gasteiger partial charge >= 0.3 is 6.09 Å². The molecule has 0 N–H and O–H groups in total. The predicted octanol–water partition coefficient (Wildman–Crippen LogP) is 3.76. The molecule has 1 unspecified atom stereocenters. The van der Waals surface area contributed by atoms with Crippen molar-refractivity contribution >= 4 is 6.09 Å². The Labute approximate surface area is 123 Å². The fraction of sp³-hybridized carbons (Fsp3) is 0.812. The van der Waals surface area contributed by atoms with Gasteiger partial charge in [0.05, 0.1) is 18.8 Å². The van der Waals surface area contributed by atoms with Crippen LogP contribution in [0.4, 0.5) is 4.79 Å². The lowest BCUT2D eigenvalue weighted by Gasteiger charge is -2.40. The van der Waals surface area contributed by atoms with Crippen molar-refractivity contribution in [3.8, 4) is 0 Å². The van der Waals surface area contributed by atoms with Crippen molar-refractivity contribution in [2.45, 2.75) is 65.1 Å². The number of hydrogen-bond donors (Lipinski definition) is 0. The maximum absolute atomic E-state index is 12.1. The SMILES string of the molecule is C=C(C)CCOC1(C)CCCN(C(=O)OC(C)(C)C)C1. The number of piperidine rings is 1. The van der Waals surface area contributed by atoms with Gasteiger partial charge in [0.25, 0.3) is 0 Å². The number of ether oxygens (including phenoxy) is 2. The van der Waals surface area contributed by atoms with Crippen molar-refractivity contribution in [1.29, 1.82) is 0 Å². The summed E-state index contributed by atoms with van der Waals surface area (Å²) in [6.07, 6.45) is 2.54.